The molecule has 0 aromatic carbocycles. The van der Waals surface area contributed by atoms with Gasteiger partial charge in [0.2, 0.25) is 5.91 Å². The fourth-order valence-electron chi connectivity index (χ4n) is 3.15. The van der Waals surface area contributed by atoms with Crippen molar-refractivity contribution in [2.45, 2.75) is 38.4 Å². The minimum Gasteiger partial charge on any atom is -0.353 e. The van der Waals surface area contributed by atoms with Gasteiger partial charge in [0.05, 0.1) is 11.7 Å². The Morgan fingerprint density at radius 3 is 2.96 bits per heavy atom. The van der Waals surface area contributed by atoms with Crippen molar-refractivity contribution in [1.29, 1.82) is 0 Å². The summed E-state index contributed by atoms with van der Waals surface area (Å²) < 4.78 is 1.40. The molecule has 27 heavy (non-hydrogen) atoms. The molecule has 142 valence electrons. The third kappa shape index (κ3) is 3.83. The van der Waals surface area contributed by atoms with E-state index in [9.17, 15) is 9.59 Å². The molecule has 1 atom stereocenters. The molecule has 1 amide bonds. The van der Waals surface area contributed by atoms with E-state index in [0.29, 0.717) is 22.8 Å². The SMILES string of the molecule is CC(CNC(=O)Cn1cnc2scc(-c3cccs3)c2c1=O)N(C)C1CC1. The van der Waals surface area contributed by atoms with Crippen LogP contribution in [-0.2, 0) is 11.3 Å². The first-order chi connectivity index (χ1) is 13.0. The standard InChI is InChI=1S/C19H22N4O2S2/c1-12(22(2)13-5-6-13)8-20-16(24)9-23-11-21-18-17(19(23)25)14(10-27-18)15-4-3-7-26-15/h3-4,7,10-13H,5-6,8-9H2,1-2H3,(H,20,24). The molecule has 8 heteroatoms. The molecule has 1 aliphatic carbocycles. The van der Waals surface area contributed by atoms with Gasteiger partial charge in [-0.3, -0.25) is 19.1 Å². The van der Waals surface area contributed by atoms with Gasteiger partial charge in [-0.05, 0) is 38.3 Å². The molecule has 0 aliphatic heterocycles. The van der Waals surface area contributed by atoms with E-state index in [1.54, 1.807) is 11.3 Å². The van der Waals surface area contributed by atoms with Crippen LogP contribution in [0.15, 0.2) is 34.0 Å². The maximum atomic E-state index is 12.9. The van der Waals surface area contributed by atoms with E-state index in [1.165, 1.54) is 35.1 Å². The van der Waals surface area contributed by atoms with Gasteiger partial charge in [-0.1, -0.05) is 6.07 Å². The molecule has 1 N–H and O–H groups in total. The Kier molecular flexibility index (Phi) is 5.12. The number of hydrogen-bond acceptors (Lipinski definition) is 6. The number of likely N-dealkylation sites (N-methyl/N-ethyl adjacent to an activating group) is 1. The molecule has 0 spiro atoms. The van der Waals surface area contributed by atoms with E-state index in [2.05, 4.69) is 29.2 Å². The summed E-state index contributed by atoms with van der Waals surface area (Å²) in [6, 6.07) is 4.89. The third-order valence-corrected chi connectivity index (χ3v) is 6.86. The molecule has 1 fully saturated rings. The number of nitrogens with zero attached hydrogens (tertiary/aromatic N) is 3. The Balaban J connectivity index is 1.48. The van der Waals surface area contributed by atoms with E-state index in [-0.39, 0.29) is 24.1 Å². The summed E-state index contributed by atoms with van der Waals surface area (Å²) in [4.78, 5) is 33.7. The molecule has 3 heterocycles. The first kappa shape index (κ1) is 18.3. The van der Waals surface area contributed by atoms with Gasteiger partial charge in [0.25, 0.3) is 5.56 Å². The highest BCUT2D eigenvalue weighted by molar-refractivity contribution is 7.18. The number of aromatic nitrogens is 2. The number of rotatable bonds is 7. The fraction of sp³-hybridized carbons (Fsp3) is 0.421. The predicted octanol–water partition coefficient (Wildman–Crippen LogP) is 2.79. The summed E-state index contributed by atoms with van der Waals surface area (Å²) >= 11 is 3.05. The zero-order valence-corrected chi connectivity index (χ0v) is 17.0. The summed E-state index contributed by atoms with van der Waals surface area (Å²) in [6.45, 7) is 2.67. The van der Waals surface area contributed by atoms with Crippen molar-refractivity contribution < 1.29 is 4.79 Å². The Morgan fingerprint density at radius 2 is 2.26 bits per heavy atom. The van der Waals surface area contributed by atoms with Crippen LogP contribution in [0.5, 0.6) is 0 Å². The van der Waals surface area contributed by atoms with Crippen LogP contribution < -0.4 is 10.9 Å². The van der Waals surface area contributed by atoms with Crippen LogP contribution in [0.4, 0.5) is 0 Å². The number of hydrogen-bond donors (Lipinski definition) is 1. The van der Waals surface area contributed by atoms with Crippen LogP contribution in [0.2, 0.25) is 0 Å². The molecule has 3 aromatic heterocycles. The molecule has 3 aromatic rings. The lowest BCUT2D eigenvalue weighted by atomic mass is 10.2. The van der Waals surface area contributed by atoms with Crippen LogP contribution in [0, 0.1) is 0 Å². The molecule has 0 saturated heterocycles. The van der Waals surface area contributed by atoms with E-state index < -0.39 is 0 Å². The minimum absolute atomic E-state index is 0.0125. The van der Waals surface area contributed by atoms with Gasteiger partial charge in [-0.25, -0.2) is 4.98 Å². The summed E-state index contributed by atoms with van der Waals surface area (Å²) in [6.07, 6.45) is 3.95. The van der Waals surface area contributed by atoms with Crippen LogP contribution in [0.25, 0.3) is 20.7 Å². The second-order valence-electron chi connectivity index (χ2n) is 7.03. The average Bonchev–Trinajstić information content (AvgIpc) is 3.18. The Morgan fingerprint density at radius 1 is 1.44 bits per heavy atom. The topological polar surface area (TPSA) is 67.2 Å². The molecule has 1 aliphatic rings. The lowest BCUT2D eigenvalue weighted by molar-refractivity contribution is -0.121. The lowest BCUT2D eigenvalue weighted by Gasteiger charge is -2.24. The van der Waals surface area contributed by atoms with Gasteiger partial charge in [0, 0.05) is 34.4 Å². The van der Waals surface area contributed by atoms with E-state index in [0.717, 1.165) is 10.4 Å². The number of nitrogens with one attached hydrogen (secondary N) is 1. The van der Waals surface area contributed by atoms with Crippen molar-refractivity contribution in [3.8, 4) is 10.4 Å². The number of carbonyl (C=O) groups excluding carboxylic acids is 1. The molecule has 0 radical (unpaired) electrons. The van der Waals surface area contributed by atoms with Crippen molar-refractivity contribution in [3.63, 3.8) is 0 Å². The minimum atomic E-state index is -0.165. The summed E-state index contributed by atoms with van der Waals surface area (Å²) in [5.74, 6) is -0.165. The molecular formula is C19H22N4O2S2. The highest BCUT2D eigenvalue weighted by Crippen LogP contribution is 2.33. The van der Waals surface area contributed by atoms with Gasteiger partial charge < -0.3 is 5.32 Å². The quantitative estimate of drug-likeness (QED) is 0.660. The van der Waals surface area contributed by atoms with Crippen molar-refractivity contribution in [3.05, 3.63) is 39.6 Å². The van der Waals surface area contributed by atoms with Crippen LogP contribution in [-0.4, -0.2) is 46.0 Å². The largest absolute Gasteiger partial charge is 0.353 e. The van der Waals surface area contributed by atoms with Gasteiger partial charge >= 0.3 is 0 Å². The van der Waals surface area contributed by atoms with Crippen molar-refractivity contribution in [1.82, 2.24) is 19.8 Å². The molecular weight excluding hydrogens is 380 g/mol. The second-order valence-corrected chi connectivity index (χ2v) is 8.84. The van der Waals surface area contributed by atoms with Crippen molar-refractivity contribution in [2.24, 2.45) is 0 Å². The Bertz CT molecular complexity index is 1000. The predicted molar refractivity (Wildman–Crippen MR) is 110 cm³/mol. The van der Waals surface area contributed by atoms with E-state index in [4.69, 9.17) is 0 Å². The van der Waals surface area contributed by atoms with Gasteiger partial charge in [0.1, 0.15) is 11.4 Å². The highest BCUT2D eigenvalue weighted by atomic mass is 32.1. The lowest BCUT2D eigenvalue weighted by Crippen LogP contribution is -2.42. The van der Waals surface area contributed by atoms with Gasteiger partial charge in [0.15, 0.2) is 0 Å². The molecule has 1 saturated carbocycles. The summed E-state index contributed by atoms with van der Waals surface area (Å²) in [5.41, 5.74) is 0.736. The van der Waals surface area contributed by atoms with Gasteiger partial charge in [-0.2, -0.15) is 0 Å². The van der Waals surface area contributed by atoms with Crippen molar-refractivity contribution >= 4 is 38.8 Å². The fourth-order valence-corrected chi connectivity index (χ4v) is 4.87. The zero-order valence-electron chi connectivity index (χ0n) is 15.3. The van der Waals surface area contributed by atoms with Crippen LogP contribution >= 0.6 is 22.7 Å². The third-order valence-electron chi connectivity index (χ3n) is 5.07. The number of amides is 1. The van der Waals surface area contributed by atoms with E-state index >= 15 is 0 Å². The molecule has 4 rings (SSSR count). The number of fused-ring (bicyclic) bond motifs is 1. The summed E-state index contributed by atoms with van der Waals surface area (Å²) in [7, 11) is 2.10. The second kappa shape index (κ2) is 7.53. The number of thiophene rings is 2. The zero-order chi connectivity index (χ0) is 19.0. The summed E-state index contributed by atoms with van der Waals surface area (Å²) in [5, 5.41) is 7.49. The van der Waals surface area contributed by atoms with Gasteiger partial charge in [-0.15, -0.1) is 22.7 Å². The van der Waals surface area contributed by atoms with Crippen LogP contribution in [0.1, 0.15) is 19.8 Å². The van der Waals surface area contributed by atoms with Crippen LogP contribution in [0.3, 0.4) is 0 Å². The molecule has 1 unspecified atom stereocenters. The van der Waals surface area contributed by atoms with E-state index in [1.807, 2.05) is 22.9 Å². The smallest absolute Gasteiger partial charge is 0.263 e. The monoisotopic (exact) mass is 402 g/mol. The normalized spacial score (nSPS) is 15.4. The first-order valence-electron chi connectivity index (χ1n) is 9.03. The maximum Gasteiger partial charge on any atom is 0.263 e. The molecule has 0 bridgehead atoms. The number of carbonyl (C=O) groups is 1. The molecule has 6 nitrogen and oxygen atoms in total. The average molecular weight is 403 g/mol. The Hall–Kier alpha value is -2.03. The Labute approximate surface area is 165 Å². The van der Waals surface area contributed by atoms with Crippen molar-refractivity contribution in [2.75, 3.05) is 13.6 Å². The maximum absolute atomic E-state index is 12.9. The first-order valence-corrected chi connectivity index (χ1v) is 10.8. The highest BCUT2D eigenvalue weighted by Gasteiger charge is 2.29.